The van der Waals surface area contributed by atoms with Crippen molar-refractivity contribution in [3.05, 3.63) is 48.4 Å². The predicted octanol–water partition coefficient (Wildman–Crippen LogP) is 5.41. The summed E-state index contributed by atoms with van der Waals surface area (Å²) < 4.78 is 0. The standard InChI is InChI=1S/C21H32N/c1-4-5-6-7-9-18-10-8-11-19(15-18)20-12-13-22-21(16-20)14-17(2)3/h8,10-12,15,17,21-22H,2,4-7,9,13-14,16H2,1,3H3. The second-order valence-electron chi connectivity index (χ2n) is 6.89. The molecule has 2 rings (SSSR count). The summed E-state index contributed by atoms with van der Waals surface area (Å²) in [5.74, 6) is 0.516. The smallest absolute Gasteiger partial charge is 0.0143 e. The van der Waals surface area contributed by atoms with Crippen molar-refractivity contribution in [3.63, 3.8) is 0 Å². The van der Waals surface area contributed by atoms with Crippen LogP contribution in [-0.2, 0) is 6.42 Å². The van der Waals surface area contributed by atoms with Crippen LogP contribution in [-0.4, -0.2) is 12.6 Å². The van der Waals surface area contributed by atoms with Crippen LogP contribution >= 0.6 is 0 Å². The van der Waals surface area contributed by atoms with Gasteiger partial charge in [0.2, 0.25) is 0 Å². The van der Waals surface area contributed by atoms with Gasteiger partial charge in [-0.05, 0) is 48.3 Å². The van der Waals surface area contributed by atoms with Crippen LogP contribution in [0.5, 0.6) is 0 Å². The first-order chi connectivity index (χ1) is 10.7. The molecule has 1 radical (unpaired) electrons. The summed E-state index contributed by atoms with van der Waals surface area (Å²) in [7, 11) is 0. The average molecular weight is 298 g/mol. The van der Waals surface area contributed by atoms with E-state index < -0.39 is 0 Å². The van der Waals surface area contributed by atoms with Crippen molar-refractivity contribution in [1.82, 2.24) is 5.32 Å². The van der Waals surface area contributed by atoms with Crippen LogP contribution in [0.15, 0.2) is 30.3 Å². The SMILES string of the molecule is [CH2]C(C)CC1CC(c2cccc(CCCCCC)c2)=CCN1. The molecule has 0 saturated carbocycles. The van der Waals surface area contributed by atoms with E-state index in [9.17, 15) is 0 Å². The molecule has 1 aliphatic rings. The number of hydrogen-bond acceptors (Lipinski definition) is 1. The molecule has 1 nitrogen and oxygen atoms in total. The van der Waals surface area contributed by atoms with E-state index in [1.165, 1.54) is 48.8 Å². The summed E-state index contributed by atoms with van der Waals surface area (Å²) in [5, 5.41) is 3.60. The van der Waals surface area contributed by atoms with E-state index in [1.54, 1.807) is 0 Å². The third-order valence-electron chi connectivity index (χ3n) is 4.52. The van der Waals surface area contributed by atoms with Crippen molar-refractivity contribution >= 4 is 5.57 Å². The highest BCUT2D eigenvalue weighted by molar-refractivity contribution is 5.67. The molecule has 0 aliphatic carbocycles. The van der Waals surface area contributed by atoms with Crippen molar-refractivity contribution < 1.29 is 0 Å². The van der Waals surface area contributed by atoms with Crippen molar-refractivity contribution in [2.24, 2.45) is 5.92 Å². The molecule has 1 aromatic carbocycles. The highest BCUT2D eigenvalue weighted by atomic mass is 14.9. The zero-order valence-electron chi connectivity index (χ0n) is 14.4. The first-order valence-electron chi connectivity index (χ1n) is 9.04. The molecule has 1 heteroatoms. The fourth-order valence-corrected chi connectivity index (χ4v) is 3.34. The number of nitrogens with one attached hydrogen (secondary N) is 1. The van der Waals surface area contributed by atoms with Crippen LogP contribution in [0.25, 0.3) is 5.57 Å². The summed E-state index contributed by atoms with van der Waals surface area (Å²) in [6.45, 7) is 9.60. The van der Waals surface area contributed by atoms with E-state index in [0.717, 1.165) is 19.4 Å². The van der Waals surface area contributed by atoms with E-state index in [0.29, 0.717) is 12.0 Å². The van der Waals surface area contributed by atoms with Crippen LogP contribution < -0.4 is 5.32 Å². The lowest BCUT2D eigenvalue weighted by Gasteiger charge is -2.26. The monoisotopic (exact) mass is 298 g/mol. The third kappa shape index (κ3) is 5.61. The van der Waals surface area contributed by atoms with E-state index >= 15 is 0 Å². The Labute approximate surface area is 137 Å². The van der Waals surface area contributed by atoms with Crippen molar-refractivity contribution in [1.29, 1.82) is 0 Å². The summed E-state index contributed by atoms with van der Waals surface area (Å²) in [6, 6.07) is 9.78. The number of unbranched alkanes of at least 4 members (excludes halogenated alkanes) is 3. The van der Waals surface area contributed by atoms with E-state index in [-0.39, 0.29) is 0 Å². The van der Waals surface area contributed by atoms with E-state index in [1.807, 2.05) is 0 Å². The summed E-state index contributed by atoms with van der Waals surface area (Å²) in [4.78, 5) is 0. The van der Waals surface area contributed by atoms with Crippen LogP contribution in [0.2, 0.25) is 0 Å². The molecule has 0 bridgehead atoms. The summed E-state index contributed by atoms with van der Waals surface area (Å²) in [6.07, 6.45) is 11.2. The van der Waals surface area contributed by atoms with Gasteiger partial charge in [-0.1, -0.05) is 70.4 Å². The van der Waals surface area contributed by atoms with Crippen molar-refractivity contribution in [2.75, 3.05) is 6.54 Å². The molecule has 1 heterocycles. The van der Waals surface area contributed by atoms with Crippen LogP contribution in [0, 0.1) is 12.8 Å². The molecule has 2 unspecified atom stereocenters. The van der Waals surface area contributed by atoms with E-state index in [4.69, 9.17) is 0 Å². The summed E-state index contributed by atoms with van der Waals surface area (Å²) in [5.41, 5.74) is 4.44. The number of benzene rings is 1. The molecule has 0 amide bonds. The normalized spacial score (nSPS) is 18.5. The Morgan fingerprint density at radius 2 is 2.14 bits per heavy atom. The van der Waals surface area contributed by atoms with Gasteiger partial charge in [0.15, 0.2) is 0 Å². The van der Waals surface area contributed by atoms with Gasteiger partial charge in [0.1, 0.15) is 0 Å². The Morgan fingerprint density at radius 1 is 1.27 bits per heavy atom. The van der Waals surface area contributed by atoms with Gasteiger partial charge in [-0.15, -0.1) is 0 Å². The fraction of sp³-hybridized carbons (Fsp3) is 0.571. The minimum absolute atomic E-state index is 0.516. The molecule has 1 aromatic rings. The zero-order chi connectivity index (χ0) is 15.8. The maximum Gasteiger partial charge on any atom is 0.0143 e. The lowest BCUT2D eigenvalue weighted by atomic mass is 9.90. The highest BCUT2D eigenvalue weighted by Crippen LogP contribution is 2.26. The van der Waals surface area contributed by atoms with Gasteiger partial charge >= 0.3 is 0 Å². The molecule has 1 aliphatic heterocycles. The minimum Gasteiger partial charge on any atom is -0.310 e. The third-order valence-corrected chi connectivity index (χ3v) is 4.52. The second-order valence-corrected chi connectivity index (χ2v) is 6.89. The van der Waals surface area contributed by atoms with Gasteiger partial charge in [0.05, 0.1) is 0 Å². The molecule has 22 heavy (non-hydrogen) atoms. The first-order valence-corrected chi connectivity index (χ1v) is 9.04. The first kappa shape index (κ1) is 17.3. The molecule has 0 aromatic heterocycles. The van der Waals surface area contributed by atoms with Crippen molar-refractivity contribution in [2.45, 2.75) is 64.8 Å². The molecule has 121 valence electrons. The van der Waals surface area contributed by atoms with Crippen LogP contribution in [0.3, 0.4) is 0 Å². The Balaban J connectivity index is 1.95. The van der Waals surface area contributed by atoms with Gasteiger partial charge in [-0.3, -0.25) is 0 Å². The van der Waals surface area contributed by atoms with Crippen LogP contribution in [0.1, 0.15) is 63.5 Å². The maximum atomic E-state index is 4.13. The van der Waals surface area contributed by atoms with Crippen LogP contribution in [0.4, 0.5) is 0 Å². The predicted molar refractivity (Wildman–Crippen MR) is 97.8 cm³/mol. The van der Waals surface area contributed by atoms with Gasteiger partial charge in [0, 0.05) is 12.6 Å². The fourth-order valence-electron chi connectivity index (χ4n) is 3.34. The largest absolute Gasteiger partial charge is 0.310 e. The van der Waals surface area contributed by atoms with Gasteiger partial charge < -0.3 is 5.32 Å². The molecule has 0 fully saturated rings. The van der Waals surface area contributed by atoms with Gasteiger partial charge in [-0.25, -0.2) is 0 Å². The number of rotatable bonds is 8. The van der Waals surface area contributed by atoms with E-state index in [2.05, 4.69) is 56.4 Å². The average Bonchev–Trinajstić information content (AvgIpc) is 2.52. The topological polar surface area (TPSA) is 12.0 Å². The van der Waals surface area contributed by atoms with Gasteiger partial charge in [-0.2, -0.15) is 0 Å². The minimum atomic E-state index is 0.516. The Hall–Kier alpha value is -1.08. The lowest BCUT2D eigenvalue weighted by molar-refractivity contribution is 0.451. The number of hydrogen-bond donors (Lipinski definition) is 1. The lowest BCUT2D eigenvalue weighted by Crippen LogP contribution is -2.34. The quantitative estimate of drug-likeness (QED) is 0.632. The Kier molecular flexibility index (Phi) is 7.18. The van der Waals surface area contributed by atoms with Gasteiger partial charge in [0.25, 0.3) is 0 Å². The molecule has 1 N–H and O–H groups in total. The molecule has 0 spiro atoms. The zero-order valence-corrected chi connectivity index (χ0v) is 14.4. The van der Waals surface area contributed by atoms with Crippen molar-refractivity contribution in [3.8, 4) is 0 Å². The highest BCUT2D eigenvalue weighted by Gasteiger charge is 2.17. The summed E-state index contributed by atoms with van der Waals surface area (Å²) >= 11 is 0. The maximum absolute atomic E-state index is 4.13. The molecular formula is C21H32N. The number of aryl methyl sites for hydroxylation is 1. The molecular weight excluding hydrogens is 266 g/mol. The Bertz CT molecular complexity index is 473. The second kappa shape index (κ2) is 9.15. The Morgan fingerprint density at radius 3 is 2.91 bits per heavy atom. The molecule has 2 atom stereocenters. The molecule has 0 saturated heterocycles.